The molecule has 0 radical (unpaired) electrons. The van der Waals surface area contributed by atoms with Gasteiger partial charge in [0.1, 0.15) is 22.8 Å². The largest absolute Gasteiger partial charge is 0.497 e. The first-order valence-electron chi connectivity index (χ1n) is 8.82. The molecule has 1 heterocycles. The summed E-state index contributed by atoms with van der Waals surface area (Å²) in [5, 5.41) is -0.162. The van der Waals surface area contributed by atoms with Crippen LogP contribution in [0.4, 0.5) is 13.2 Å². The molecule has 3 rings (SSSR count). The number of benzene rings is 2. The van der Waals surface area contributed by atoms with E-state index in [1.54, 1.807) is 19.9 Å². The number of carbonyl (C=O) groups is 1. The number of alkyl halides is 3. The highest BCUT2D eigenvalue weighted by Gasteiger charge is 2.40. The first-order chi connectivity index (χ1) is 14.1. The Bertz CT molecular complexity index is 1150. The molecule has 9 heteroatoms. The predicted octanol–water partition coefficient (Wildman–Crippen LogP) is 5.17. The quantitative estimate of drug-likeness (QED) is 0.417. The normalized spacial score (nSPS) is 11.6. The van der Waals surface area contributed by atoms with Crippen LogP contribution in [0.5, 0.6) is 23.0 Å². The zero-order chi connectivity index (χ0) is 22.1. The molecule has 0 bridgehead atoms. The van der Waals surface area contributed by atoms with Crippen molar-refractivity contribution in [3.8, 4) is 23.0 Å². The minimum atomic E-state index is -5.01. The minimum absolute atomic E-state index is 0.0333. The van der Waals surface area contributed by atoms with Crippen LogP contribution in [-0.2, 0) is 11.0 Å². The van der Waals surface area contributed by atoms with Crippen molar-refractivity contribution in [3.63, 3.8) is 0 Å². The number of halogens is 3. The second-order valence-corrected chi connectivity index (χ2v) is 6.60. The van der Waals surface area contributed by atoms with Crippen LogP contribution >= 0.6 is 0 Å². The van der Waals surface area contributed by atoms with Crippen LogP contribution in [0.3, 0.4) is 0 Å². The molecule has 0 amide bonds. The number of rotatable bonds is 5. The van der Waals surface area contributed by atoms with Gasteiger partial charge in [0, 0.05) is 12.1 Å². The molecule has 0 aliphatic rings. The topological polar surface area (TPSA) is 75.0 Å². The van der Waals surface area contributed by atoms with E-state index >= 15 is 0 Å². The molecule has 0 atom stereocenters. The van der Waals surface area contributed by atoms with Crippen molar-refractivity contribution >= 4 is 16.9 Å². The van der Waals surface area contributed by atoms with E-state index in [0.29, 0.717) is 5.75 Å². The van der Waals surface area contributed by atoms with E-state index in [-0.39, 0.29) is 22.5 Å². The maximum atomic E-state index is 13.6. The minimum Gasteiger partial charge on any atom is -0.497 e. The van der Waals surface area contributed by atoms with Crippen molar-refractivity contribution in [2.24, 2.45) is 5.92 Å². The van der Waals surface area contributed by atoms with Gasteiger partial charge in [0.15, 0.2) is 0 Å². The number of fused-ring (bicyclic) bond motifs is 1. The maximum absolute atomic E-state index is 13.6. The fourth-order valence-corrected chi connectivity index (χ4v) is 2.52. The molecule has 0 spiro atoms. The summed E-state index contributed by atoms with van der Waals surface area (Å²) >= 11 is 0. The number of methoxy groups -OCH3 is 1. The van der Waals surface area contributed by atoms with Crippen LogP contribution in [0.25, 0.3) is 11.0 Å². The summed E-state index contributed by atoms with van der Waals surface area (Å²) in [6.07, 6.45) is -5.01. The number of carbonyl (C=O) groups excluding carboxylic acids is 1. The van der Waals surface area contributed by atoms with E-state index in [0.717, 1.165) is 6.07 Å². The summed E-state index contributed by atoms with van der Waals surface area (Å²) in [7, 11) is 1.38. The van der Waals surface area contributed by atoms with Crippen LogP contribution in [0.1, 0.15) is 19.6 Å². The average molecular weight is 422 g/mol. The van der Waals surface area contributed by atoms with E-state index < -0.39 is 35.0 Å². The van der Waals surface area contributed by atoms with Crippen LogP contribution < -0.4 is 19.6 Å². The summed E-state index contributed by atoms with van der Waals surface area (Å²) in [5.41, 5.74) is -1.41. The third kappa shape index (κ3) is 4.40. The Morgan fingerprint density at radius 3 is 2.37 bits per heavy atom. The molecule has 0 saturated carbocycles. The Labute approximate surface area is 168 Å². The maximum Gasteiger partial charge on any atom is 0.453 e. The molecule has 0 fully saturated rings. The Kier molecular flexibility index (Phi) is 5.73. The molecule has 0 saturated heterocycles. The van der Waals surface area contributed by atoms with Crippen LogP contribution in [0.15, 0.2) is 51.7 Å². The lowest BCUT2D eigenvalue weighted by atomic mass is 10.2. The number of hydrogen-bond donors (Lipinski definition) is 0. The summed E-state index contributed by atoms with van der Waals surface area (Å²) in [4.78, 5) is 24.5. The Balaban J connectivity index is 2.13. The van der Waals surface area contributed by atoms with Gasteiger partial charge in [-0.1, -0.05) is 19.9 Å². The average Bonchev–Trinajstić information content (AvgIpc) is 2.69. The fraction of sp³-hybridized carbons (Fsp3) is 0.238. The van der Waals surface area contributed by atoms with Gasteiger partial charge in [0.25, 0.3) is 5.76 Å². The highest BCUT2D eigenvalue weighted by Crippen LogP contribution is 2.39. The molecule has 30 heavy (non-hydrogen) atoms. The Hall–Kier alpha value is -3.49. The lowest BCUT2D eigenvalue weighted by Crippen LogP contribution is -2.16. The lowest BCUT2D eigenvalue weighted by Gasteiger charge is -2.14. The van der Waals surface area contributed by atoms with E-state index in [1.807, 2.05) is 0 Å². The zero-order valence-electron chi connectivity index (χ0n) is 16.2. The smallest absolute Gasteiger partial charge is 0.453 e. The van der Waals surface area contributed by atoms with Gasteiger partial charge >= 0.3 is 12.1 Å². The van der Waals surface area contributed by atoms with E-state index in [9.17, 15) is 22.8 Å². The zero-order valence-corrected chi connectivity index (χ0v) is 16.2. The van der Waals surface area contributed by atoms with Crippen molar-refractivity contribution in [1.82, 2.24) is 0 Å². The molecule has 3 aromatic rings. The Morgan fingerprint density at radius 2 is 1.73 bits per heavy atom. The fourth-order valence-electron chi connectivity index (χ4n) is 2.52. The molecule has 0 aliphatic carbocycles. The van der Waals surface area contributed by atoms with Crippen LogP contribution in [-0.4, -0.2) is 13.1 Å². The molecule has 1 aromatic heterocycles. The Morgan fingerprint density at radius 1 is 1.03 bits per heavy atom. The predicted molar refractivity (Wildman–Crippen MR) is 101 cm³/mol. The van der Waals surface area contributed by atoms with Gasteiger partial charge in [-0.25, -0.2) is 0 Å². The summed E-state index contributed by atoms with van der Waals surface area (Å²) in [5.74, 6) is -3.37. The first-order valence-corrected chi connectivity index (χ1v) is 8.82. The molecule has 0 unspecified atom stereocenters. The molecule has 0 aliphatic heterocycles. The van der Waals surface area contributed by atoms with Gasteiger partial charge in [-0.15, -0.1) is 0 Å². The molecule has 0 N–H and O–H groups in total. The number of esters is 1. The molecular formula is C21H17F3O6. The van der Waals surface area contributed by atoms with Gasteiger partial charge in [-0.2, -0.15) is 13.2 Å². The molecular weight excluding hydrogens is 405 g/mol. The van der Waals surface area contributed by atoms with Crippen LogP contribution in [0.2, 0.25) is 0 Å². The van der Waals surface area contributed by atoms with E-state index in [4.69, 9.17) is 18.6 Å². The SMILES string of the molecule is COc1cccc(Oc2c(C(F)(F)F)oc3cc(OC(=O)C(C)C)ccc3c2=O)c1. The molecule has 158 valence electrons. The monoisotopic (exact) mass is 422 g/mol. The molecule has 2 aromatic carbocycles. The van der Waals surface area contributed by atoms with Crippen molar-refractivity contribution in [1.29, 1.82) is 0 Å². The van der Waals surface area contributed by atoms with E-state index in [1.165, 1.54) is 37.4 Å². The van der Waals surface area contributed by atoms with Crippen molar-refractivity contribution < 1.29 is 36.6 Å². The lowest BCUT2D eigenvalue weighted by molar-refractivity contribution is -0.154. The number of hydrogen-bond acceptors (Lipinski definition) is 6. The second-order valence-electron chi connectivity index (χ2n) is 6.60. The number of ether oxygens (including phenoxy) is 3. The second kappa shape index (κ2) is 8.10. The van der Waals surface area contributed by atoms with Crippen molar-refractivity contribution in [2.45, 2.75) is 20.0 Å². The van der Waals surface area contributed by atoms with Gasteiger partial charge in [-0.05, 0) is 24.3 Å². The highest BCUT2D eigenvalue weighted by atomic mass is 19.4. The summed E-state index contributed by atoms with van der Waals surface area (Å²) in [6, 6.07) is 9.34. The summed E-state index contributed by atoms with van der Waals surface area (Å²) in [6.45, 7) is 3.21. The van der Waals surface area contributed by atoms with Gasteiger partial charge in [-0.3, -0.25) is 9.59 Å². The standard InChI is InChI=1S/C21H17F3O6/c1-11(2)20(26)29-14-7-8-15-16(10-14)30-19(21(22,23)24)18(17(15)25)28-13-6-4-5-12(9-13)27-3/h4-11H,1-3H3. The van der Waals surface area contributed by atoms with Gasteiger partial charge < -0.3 is 18.6 Å². The van der Waals surface area contributed by atoms with E-state index in [2.05, 4.69) is 0 Å². The van der Waals surface area contributed by atoms with Crippen LogP contribution in [0, 0.1) is 5.92 Å². The van der Waals surface area contributed by atoms with Crippen molar-refractivity contribution in [3.05, 3.63) is 58.4 Å². The van der Waals surface area contributed by atoms with Gasteiger partial charge in [0.05, 0.1) is 18.4 Å². The summed E-state index contributed by atoms with van der Waals surface area (Å²) < 4.78 is 61.1. The van der Waals surface area contributed by atoms with Crippen molar-refractivity contribution in [2.75, 3.05) is 7.11 Å². The van der Waals surface area contributed by atoms with Gasteiger partial charge in [0.2, 0.25) is 11.2 Å². The first kappa shape index (κ1) is 21.2. The molecule has 6 nitrogen and oxygen atoms in total. The third-order valence-corrected chi connectivity index (χ3v) is 4.03. The highest BCUT2D eigenvalue weighted by molar-refractivity contribution is 5.81. The third-order valence-electron chi connectivity index (χ3n) is 4.03.